The van der Waals surface area contributed by atoms with Crippen LogP contribution in [0.1, 0.15) is 28.9 Å². The fourth-order valence-electron chi connectivity index (χ4n) is 1.83. The summed E-state index contributed by atoms with van der Waals surface area (Å²) in [4.78, 5) is 11.9. The molecule has 0 aliphatic heterocycles. The van der Waals surface area contributed by atoms with Crippen LogP contribution in [0, 0.1) is 11.6 Å². The minimum Gasteiger partial charge on any atom is -0.399 e. The smallest absolute Gasteiger partial charge is 0.251 e. The number of nitrogens with two attached hydrogens (primary N) is 1. The normalized spacial score (nSPS) is 11.9. The predicted octanol–water partition coefficient (Wildman–Crippen LogP) is 3.04. The van der Waals surface area contributed by atoms with Crippen molar-refractivity contribution in [1.82, 2.24) is 5.32 Å². The second kappa shape index (κ2) is 5.69. The Kier molecular flexibility index (Phi) is 3.98. The van der Waals surface area contributed by atoms with Crippen molar-refractivity contribution >= 4 is 11.6 Å². The highest BCUT2D eigenvalue weighted by atomic mass is 19.2. The minimum atomic E-state index is -1.05. The van der Waals surface area contributed by atoms with Crippen molar-refractivity contribution < 1.29 is 13.6 Å². The Balaban J connectivity index is 2.13. The molecule has 3 N–H and O–H groups in total. The molecule has 0 spiro atoms. The lowest BCUT2D eigenvalue weighted by molar-refractivity contribution is 0.0939. The van der Waals surface area contributed by atoms with E-state index in [0.717, 1.165) is 17.7 Å². The van der Waals surface area contributed by atoms with Crippen molar-refractivity contribution in [3.63, 3.8) is 0 Å². The maximum atomic E-state index is 13.1. The van der Waals surface area contributed by atoms with Crippen molar-refractivity contribution in [3.8, 4) is 0 Å². The van der Waals surface area contributed by atoms with Crippen molar-refractivity contribution in [2.75, 3.05) is 5.73 Å². The average molecular weight is 276 g/mol. The molecule has 1 unspecified atom stereocenters. The molecule has 0 aliphatic rings. The molecule has 0 aliphatic carbocycles. The standard InChI is InChI=1S/C15H14F2N2O/c1-9(10-3-2-4-12(18)7-10)19-15(20)11-5-6-13(16)14(17)8-11/h2-9H,18H2,1H3,(H,19,20). The molecule has 0 saturated heterocycles. The molecule has 1 amide bonds. The summed E-state index contributed by atoms with van der Waals surface area (Å²) in [6, 6.07) is 9.84. The Bertz CT molecular complexity index is 644. The number of carbonyl (C=O) groups is 1. The molecule has 20 heavy (non-hydrogen) atoms. The van der Waals surface area contributed by atoms with Crippen molar-refractivity contribution in [1.29, 1.82) is 0 Å². The van der Waals surface area contributed by atoms with Gasteiger partial charge in [-0.3, -0.25) is 4.79 Å². The van der Waals surface area contributed by atoms with Gasteiger partial charge in [0.2, 0.25) is 0 Å². The first kappa shape index (κ1) is 14.0. The van der Waals surface area contributed by atoms with Crippen LogP contribution in [0.4, 0.5) is 14.5 Å². The van der Waals surface area contributed by atoms with Crippen molar-refractivity contribution in [2.24, 2.45) is 0 Å². The average Bonchev–Trinajstić information content (AvgIpc) is 2.41. The van der Waals surface area contributed by atoms with E-state index in [9.17, 15) is 13.6 Å². The molecule has 2 aromatic carbocycles. The summed E-state index contributed by atoms with van der Waals surface area (Å²) < 4.78 is 25.9. The van der Waals surface area contributed by atoms with Gasteiger partial charge in [-0.1, -0.05) is 12.1 Å². The number of amides is 1. The van der Waals surface area contributed by atoms with Gasteiger partial charge in [-0.25, -0.2) is 8.78 Å². The van der Waals surface area contributed by atoms with E-state index >= 15 is 0 Å². The van der Waals surface area contributed by atoms with E-state index in [0.29, 0.717) is 5.69 Å². The second-order valence-electron chi connectivity index (χ2n) is 4.49. The maximum Gasteiger partial charge on any atom is 0.251 e. The van der Waals surface area contributed by atoms with Gasteiger partial charge >= 0.3 is 0 Å². The van der Waals surface area contributed by atoms with E-state index in [1.807, 2.05) is 6.07 Å². The summed E-state index contributed by atoms with van der Waals surface area (Å²) in [7, 11) is 0. The molecule has 5 heteroatoms. The van der Waals surface area contributed by atoms with Gasteiger partial charge in [0.1, 0.15) is 0 Å². The Morgan fingerprint density at radius 2 is 1.90 bits per heavy atom. The fraction of sp³-hybridized carbons (Fsp3) is 0.133. The number of carbonyl (C=O) groups excluding carboxylic acids is 1. The van der Waals surface area contributed by atoms with Gasteiger partial charge in [0.05, 0.1) is 6.04 Å². The highest BCUT2D eigenvalue weighted by molar-refractivity contribution is 5.94. The third kappa shape index (κ3) is 3.12. The van der Waals surface area contributed by atoms with Crippen LogP contribution in [0.25, 0.3) is 0 Å². The van der Waals surface area contributed by atoms with Gasteiger partial charge in [0.25, 0.3) is 5.91 Å². The number of halogens is 2. The van der Waals surface area contributed by atoms with Crippen LogP contribution in [-0.4, -0.2) is 5.91 Å². The molecule has 0 saturated carbocycles. The fourth-order valence-corrected chi connectivity index (χ4v) is 1.83. The molecule has 2 aromatic rings. The maximum absolute atomic E-state index is 13.1. The molecule has 2 rings (SSSR count). The number of nitrogens with one attached hydrogen (secondary N) is 1. The summed E-state index contributed by atoms with van der Waals surface area (Å²) in [5, 5.41) is 2.70. The number of rotatable bonds is 3. The Labute approximate surface area is 115 Å². The SMILES string of the molecule is CC(NC(=O)c1ccc(F)c(F)c1)c1cccc(N)c1. The molecule has 0 radical (unpaired) electrons. The third-order valence-electron chi connectivity index (χ3n) is 2.94. The first-order valence-corrected chi connectivity index (χ1v) is 6.08. The summed E-state index contributed by atoms with van der Waals surface area (Å²) >= 11 is 0. The van der Waals surface area contributed by atoms with Gasteiger partial charge in [-0.15, -0.1) is 0 Å². The topological polar surface area (TPSA) is 55.1 Å². The zero-order valence-electron chi connectivity index (χ0n) is 10.9. The highest BCUT2D eigenvalue weighted by Gasteiger charge is 2.13. The number of hydrogen-bond acceptors (Lipinski definition) is 2. The molecular weight excluding hydrogens is 262 g/mol. The first-order chi connectivity index (χ1) is 9.47. The van der Waals surface area contributed by atoms with Gasteiger partial charge in [-0.05, 0) is 42.8 Å². The lowest BCUT2D eigenvalue weighted by Crippen LogP contribution is -2.26. The summed E-state index contributed by atoms with van der Waals surface area (Å²) in [6.45, 7) is 1.78. The van der Waals surface area contributed by atoms with Crippen LogP contribution in [-0.2, 0) is 0 Å². The lowest BCUT2D eigenvalue weighted by atomic mass is 10.1. The molecule has 104 valence electrons. The molecule has 0 aromatic heterocycles. The number of nitrogen functional groups attached to an aromatic ring is 1. The molecule has 0 bridgehead atoms. The van der Waals surface area contributed by atoms with Crippen LogP contribution in [0.15, 0.2) is 42.5 Å². The second-order valence-corrected chi connectivity index (χ2v) is 4.49. The monoisotopic (exact) mass is 276 g/mol. The first-order valence-electron chi connectivity index (χ1n) is 6.08. The van der Waals surface area contributed by atoms with Crippen LogP contribution < -0.4 is 11.1 Å². The van der Waals surface area contributed by atoms with E-state index in [1.165, 1.54) is 6.07 Å². The van der Waals surface area contributed by atoms with Gasteiger partial charge in [0.15, 0.2) is 11.6 Å². The van der Waals surface area contributed by atoms with Crippen LogP contribution in [0.5, 0.6) is 0 Å². The van der Waals surface area contributed by atoms with Crippen molar-refractivity contribution in [2.45, 2.75) is 13.0 Å². The van der Waals surface area contributed by atoms with E-state index in [2.05, 4.69) is 5.32 Å². The van der Waals surface area contributed by atoms with Gasteiger partial charge in [0, 0.05) is 11.3 Å². The lowest BCUT2D eigenvalue weighted by Gasteiger charge is -2.15. The molecular formula is C15H14F2N2O. The third-order valence-corrected chi connectivity index (χ3v) is 2.94. The van der Waals surface area contributed by atoms with E-state index in [1.54, 1.807) is 25.1 Å². The number of hydrogen-bond donors (Lipinski definition) is 2. The van der Waals surface area contributed by atoms with E-state index in [4.69, 9.17) is 5.73 Å². The van der Waals surface area contributed by atoms with E-state index < -0.39 is 17.5 Å². The Morgan fingerprint density at radius 1 is 1.15 bits per heavy atom. The predicted molar refractivity (Wildman–Crippen MR) is 73.1 cm³/mol. The zero-order valence-corrected chi connectivity index (χ0v) is 10.9. The molecule has 3 nitrogen and oxygen atoms in total. The number of benzene rings is 2. The summed E-state index contributed by atoms with van der Waals surface area (Å²) in [6.07, 6.45) is 0. The Hall–Kier alpha value is -2.43. The molecule has 0 fully saturated rings. The van der Waals surface area contributed by atoms with Gasteiger partial charge in [-0.2, -0.15) is 0 Å². The van der Waals surface area contributed by atoms with Crippen LogP contribution in [0.3, 0.4) is 0 Å². The quantitative estimate of drug-likeness (QED) is 0.847. The minimum absolute atomic E-state index is 0.0691. The summed E-state index contributed by atoms with van der Waals surface area (Å²) in [5.41, 5.74) is 7.17. The molecule has 1 atom stereocenters. The Morgan fingerprint density at radius 3 is 2.55 bits per heavy atom. The zero-order chi connectivity index (χ0) is 14.7. The highest BCUT2D eigenvalue weighted by Crippen LogP contribution is 2.16. The van der Waals surface area contributed by atoms with Gasteiger partial charge < -0.3 is 11.1 Å². The summed E-state index contributed by atoms with van der Waals surface area (Å²) in [5.74, 6) is -2.50. The largest absolute Gasteiger partial charge is 0.399 e. The molecule has 0 heterocycles. The van der Waals surface area contributed by atoms with Crippen molar-refractivity contribution in [3.05, 3.63) is 65.2 Å². The van der Waals surface area contributed by atoms with Crippen LogP contribution in [0.2, 0.25) is 0 Å². The van der Waals surface area contributed by atoms with E-state index in [-0.39, 0.29) is 11.6 Å². The van der Waals surface area contributed by atoms with Crippen LogP contribution >= 0.6 is 0 Å². The number of anilines is 1.